The second-order valence-electron chi connectivity index (χ2n) is 4.01. The minimum Gasteiger partial charge on any atom is -0.298 e. The zero-order valence-electron chi connectivity index (χ0n) is 10.2. The van der Waals surface area contributed by atoms with Gasteiger partial charge in [0, 0.05) is 18.0 Å². The number of carbonyl (C=O) groups excluding carboxylic acids is 1. The Balaban J connectivity index is 1.96. The first kappa shape index (κ1) is 12.4. The van der Waals surface area contributed by atoms with E-state index in [1.165, 1.54) is 12.4 Å². The molecule has 0 aliphatic rings. The lowest BCUT2D eigenvalue weighted by atomic mass is 10.2. The molecule has 0 fully saturated rings. The highest BCUT2D eigenvalue weighted by molar-refractivity contribution is 7.13. The van der Waals surface area contributed by atoms with Crippen LogP contribution in [0.4, 0.5) is 5.13 Å². The number of aromatic nitrogens is 2. The van der Waals surface area contributed by atoms with Crippen LogP contribution in [0.3, 0.4) is 0 Å². The molecule has 0 saturated carbocycles. The minimum absolute atomic E-state index is 0.124. The molecular weight excluding hydrogens is 274 g/mol. The van der Waals surface area contributed by atoms with Gasteiger partial charge < -0.3 is 0 Å². The zero-order chi connectivity index (χ0) is 13.9. The third kappa shape index (κ3) is 2.41. The molecule has 2 aromatic heterocycles. The summed E-state index contributed by atoms with van der Waals surface area (Å²) in [4.78, 5) is 32.0. The van der Waals surface area contributed by atoms with Gasteiger partial charge >= 0.3 is 0 Å². The molecule has 3 aromatic rings. The lowest BCUT2D eigenvalue weighted by Gasteiger charge is -2.04. The number of benzene rings is 1. The van der Waals surface area contributed by atoms with Gasteiger partial charge in [-0.3, -0.25) is 19.9 Å². The van der Waals surface area contributed by atoms with Gasteiger partial charge in [-0.05, 0) is 24.3 Å². The number of amides is 1. The lowest BCUT2D eigenvalue weighted by molar-refractivity contribution is 0.102. The standard InChI is InChI=1S/C14H9N3O2S/c18-12(9-5-7-15-8-6-9)17-14-16-11-4-2-1-3-10(11)13(19)20-14/h1-8H,(H,16,17,18). The van der Waals surface area contributed by atoms with Gasteiger partial charge in [-0.2, -0.15) is 0 Å². The number of nitrogens with one attached hydrogen (secondary N) is 1. The molecule has 6 heteroatoms. The summed E-state index contributed by atoms with van der Waals surface area (Å²) in [5, 5.41) is 3.47. The van der Waals surface area contributed by atoms with Crippen LogP contribution in [0.1, 0.15) is 10.4 Å². The third-order valence-corrected chi connectivity index (χ3v) is 3.49. The van der Waals surface area contributed by atoms with Crippen molar-refractivity contribution in [3.8, 4) is 0 Å². The van der Waals surface area contributed by atoms with Crippen molar-refractivity contribution in [2.24, 2.45) is 0 Å². The van der Waals surface area contributed by atoms with Crippen molar-refractivity contribution in [2.75, 3.05) is 5.32 Å². The van der Waals surface area contributed by atoms with Crippen LogP contribution in [0.15, 0.2) is 53.6 Å². The van der Waals surface area contributed by atoms with Gasteiger partial charge in [0.15, 0.2) is 5.13 Å². The summed E-state index contributed by atoms with van der Waals surface area (Å²) < 4.78 is -0.124. The molecule has 0 unspecified atom stereocenters. The van der Waals surface area contributed by atoms with Crippen LogP contribution in [0.2, 0.25) is 0 Å². The van der Waals surface area contributed by atoms with E-state index in [1.807, 2.05) is 0 Å². The number of rotatable bonds is 2. The molecule has 0 radical (unpaired) electrons. The smallest absolute Gasteiger partial charge is 0.257 e. The minimum atomic E-state index is -0.314. The summed E-state index contributed by atoms with van der Waals surface area (Å²) >= 11 is 0.916. The number of nitrogens with zero attached hydrogens (tertiary/aromatic N) is 2. The van der Waals surface area contributed by atoms with Crippen LogP contribution in [-0.2, 0) is 0 Å². The van der Waals surface area contributed by atoms with Gasteiger partial charge in [-0.25, -0.2) is 4.98 Å². The Kier molecular flexibility index (Phi) is 3.22. The summed E-state index contributed by atoms with van der Waals surface area (Å²) in [5.74, 6) is -0.314. The van der Waals surface area contributed by atoms with E-state index in [4.69, 9.17) is 0 Å². The van der Waals surface area contributed by atoms with E-state index < -0.39 is 0 Å². The number of para-hydroxylation sites is 1. The Labute approximate surface area is 117 Å². The number of anilines is 1. The fourth-order valence-electron chi connectivity index (χ4n) is 1.74. The van der Waals surface area contributed by atoms with Gasteiger partial charge in [0.25, 0.3) is 5.91 Å². The van der Waals surface area contributed by atoms with E-state index >= 15 is 0 Å². The maximum absolute atomic E-state index is 12.0. The van der Waals surface area contributed by atoms with Crippen molar-refractivity contribution in [2.45, 2.75) is 0 Å². The SMILES string of the molecule is O=C(Nc1nc2ccccc2c(=O)s1)c1ccncc1. The van der Waals surface area contributed by atoms with E-state index in [0.717, 1.165) is 11.3 Å². The van der Waals surface area contributed by atoms with E-state index in [2.05, 4.69) is 15.3 Å². The highest BCUT2D eigenvalue weighted by Crippen LogP contribution is 2.15. The maximum Gasteiger partial charge on any atom is 0.257 e. The van der Waals surface area contributed by atoms with Crippen LogP contribution in [0.5, 0.6) is 0 Å². The molecule has 0 atom stereocenters. The Morgan fingerprint density at radius 1 is 1.10 bits per heavy atom. The maximum atomic E-state index is 12.0. The summed E-state index contributed by atoms with van der Waals surface area (Å²) in [6.45, 7) is 0. The van der Waals surface area contributed by atoms with E-state index in [1.54, 1.807) is 36.4 Å². The number of hydrogen-bond donors (Lipinski definition) is 1. The molecule has 0 saturated heterocycles. The monoisotopic (exact) mass is 283 g/mol. The number of carbonyl (C=O) groups is 1. The molecule has 1 aromatic carbocycles. The number of fused-ring (bicyclic) bond motifs is 1. The fraction of sp³-hybridized carbons (Fsp3) is 0. The van der Waals surface area contributed by atoms with Crippen molar-refractivity contribution in [1.82, 2.24) is 9.97 Å². The summed E-state index contributed by atoms with van der Waals surface area (Å²) in [5.41, 5.74) is 1.04. The largest absolute Gasteiger partial charge is 0.298 e. The van der Waals surface area contributed by atoms with Crippen molar-refractivity contribution in [1.29, 1.82) is 0 Å². The third-order valence-electron chi connectivity index (χ3n) is 2.70. The summed E-state index contributed by atoms with van der Waals surface area (Å²) in [6, 6.07) is 10.2. The van der Waals surface area contributed by atoms with E-state index in [9.17, 15) is 9.59 Å². The molecular formula is C14H9N3O2S. The molecule has 2 heterocycles. The average Bonchev–Trinajstić information content (AvgIpc) is 2.48. The first-order valence-corrected chi connectivity index (χ1v) is 6.67. The van der Waals surface area contributed by atoms with Gasteiger partial charge in [0.05, 0.1) is 10.9 Å². The first-order chi connectivity index (χ1) is 9.74. The summed E-state index contributed by atoms with van der Waals surface area (Å²) in [7, 11) is 0. The topological polar surface area (TPSA) is 72.0 Å². The normalized spacial score (nSPS) is 10.4. The number of pyridine rings is 1. The van der Waals surface area contributed by atoms with Crippen molar-refractivity contribution < 1.29 is 4.79 Å². The molecule has 20 heavy (non-hydrogen) atoms. The van der Waals surface area contributed by atoms with Crippen molar-refractivity contribution >= 4 is 33.3 Å². The molecule has 1 N–H and O–H groups in total. The van der Waals surface area contributed by atoms with Crippen LogP contribution in [0, 0.1) is 0 Å². The molecule has 1 amide bonds. The second-order valence-corrected chi connectivity index (χ2v) is 4.98. The predicted molar refractivity (Wildman–Crippen MR) is 78.1 cm³/mol. The van der Waals surface area contributed by atoms with Gasteiger partial charge in [0.1, 0.15) is 0 Å². The molecule has 0 aliphatic carbocycles. The van der Waals surface area contributed by atoms with Gasteiger partial charge in [-0.15, -0.1) is 0 Å². The lowest BCUT2D eigenvalue weighted by Crippen LogP contribution is -2.13. The average molecular weight is 283 g/mol. The van der Waals surface area contributed by atoms with Crippen LogP contribution in [0.25, 0.3) is 10.9 Å². The predicted octanol–water partition coefficient (Wildman–Crippen LogP) is 2.30. The first-order valence-electron chi connectivity index (χ1n) is 5.85. The Morgan fingerprint density at radius 2 is 1.85 bits per heavy atom. The molecule has 0 aliphatic heterocycles. The highest BCUT2D eigenvalue weighted by atomic mass is 32.1. The molecule has 0 bridgehead atoms. The second kappa shape index (κ2) is 5.18. The molecule has 98 valence electrons. The van der Waals surface area contributed by atoms with Crippen molar-refractivity contribution in [3.05, 3.63) is 63.9 Å². The van der Waals surface area contributed by atoms with Crippen molar-refractivity contribution in [3.63, 3.8) is 0 Å². The molecule has 0 spiro atoms. The Morgan fingerprint density at radius 3 is 2.65 bits per heavy atom. The van der Waals surface area contributed by atoms with Gasteiger partial charge in [-0.1, -0.05) is 23.5 Å². The quantitative estimate of drug-likeness (QED) is 0.783. The Bertz CT molecular complexity index is 830. The van der Waals surface area contributed by atoms with Gasteiger partial charge in [0.2, 0.25) is 4.74 Å². The highest BCUT2D eigenvalue weighted by Gasteiger charge is 2.09. The van der Waals surface area contributed by atoms with Crippen LogP contribution in [-0.4, -0.2) is 15.9 Å². The van der Waals surface area contributed by atoms with Crippen LogP contribution >= 0.6 is 11.3 Å². The number of hydrogen-bond acceptors (Lipinski definition) is 5. The van der Waals surface area contributed by atoms with E-state index in [-0.39, 0.29) is 15.8 Å². The summed E-state index contributed by atoms with van der Waals surface area (Å²) in [6.07, 6.45) is 3.07. The molecule has 5 nitrogen and oxygen atoms in total. The fourth-order valence-corrected chi connectivity index (χ4v) is 2.49. The van der Waals surface area contributed by atoms with E-state index in [0.29, 0.717) is 16.5 Å². The zero-order valence-corrected chi connectivity index (χ0v) is 11.1. The van der Waals surface area contributed by atoms with Crippen LogP contribution < -0.4 is 10.1 Å². The Hall–Kier alpha value is -2.60. The molecule has 3 rings (SSSR count).